The van der Waals surface area contributed by atoms with E-state index in [1.54, 1.807) is 0 Å². The van der Waals surface area contributed by atoms with E-state index in [0.29, 0.717) is 4.87 Å². The Balaban J connectivity index is 1.80. The number of nitrogens with zero attached hydrogens (tertiary/aromatic N) is 1. The highest BCUT2D eigenvalue weighted by atomic mass is 32.2. The van der Waals surface area contributed by atoms with Crippen LogP contribution in [0.15, 0.2) is 0 Å². The second-order valence-electron chi connectivity index (χ2n) is 5.11. The van der Waals surface area contributed by atoms with E-state index in [1.165, 1.54) is 44.6 Å². The van der Waals surface area contributed by atoms with Gasteiger partial charge in [0.1, 0.15) is 0 Å². The van der Waals surface area contributed by atoms with Crippen LogP contribution in [0.5, 0.6) is 0 Å². The molecule has 0 saturated carbocycles. The maximum Gasteiger partial charge on any atom is 0.0700 e. The maximum absolute atomic E-state index is 3.90. The van der Waals surface area contributed by atoms with Crippen molar-refractivity contribution >= 4 is 11.8 Å². The Bertz CT molecular complexity index is 233. The smallest absolute Gasteiger partial charge is 0.0700 e. The molecule has 3 fully saturated rings. The topological polar surface area (TPSA) is 15.3 Å². The van der Waals surface area contributed by atoms with E-state index < -0.39 is 0 Å². The summed E-state index contributed by atoms with van der Waals surface area (Å²) in [5.74, 6) is 2.29. The molecule has 0 amide bonds. The van der Waals surface area contributed by atoms with E-state index in [2.05, 4.69) is 28.9 Å². The summed E-state index contributed by atoms with van der Waals surface area (Å²) < 4.78 is 0. The predicted molar refractivity (Wildman–Crippen MR) is 61.6 cm³/mol. The first-order valence-electron chi connectivity index (χ1n) is 5.92. The van der Waals surface area contributed by atoms with Crippen LogP contribution in [0.4, 0.5) is 0 Å². The van der Waals surface area contributed by atoms with Crippen LogP contribution < -0.4 is 5.32 Å². The lowest BCUT2D eigenvalue weighted by Gasteiger charge is -2.47. The molecule has 0 radical (unpaired) electrons. The van der Waals surface area contributed by atoms with Crippen LogP contribution in [0.2, 0.25) is 0 Å². The summed E-state index contributed by atoms with van der Waals surface area (Å²) >= 11 is 2.21. The molecule has 0 aliphatic carbocycles. The Hall–Kier alpha value is 0.270. The number of hydrogen-bond acceptors (Lipinski definition) is 3. The van der Waals surface area contributed by atoms with Crippen LogP contribution >= 0.6 is 11.8 Å². The normalized spacial score (nSPS) is 52.5. The summed E-state index contributed by atoms with van der Waals surface area (Å²) in [5, 5.41) is 3.90. The predicted octanol–water partition coefficient (Wildman–Crippen LogP) is 1.52. The van der Waals surface area contributed by atoms with Gasteiger partial charge in [0.05, 0.1) is 4.87 Å². The van der Waals surface area contributed by atoms with Crippen LogP contribution in [0.25, 0.3) is 0 Å². The third kappa shape index (κ3) is 1.41. The van der Waals surface area contributed by atoms with E-state index in [1.807, 2.05) is 0 Å². The zero-order valence-corrected chi connectivity index (χ0v) is 9.78. The fourth-order valence-corrected chi connectivity index (χ4v) is 5.06. The fourth-order valence-electron chi connectivity index (χ4n) is 3.27. The highest BCUT2D eigenvalue weighted by Gasteiger charge is 2.48. The molecule has 4 unspecified atom stereocenters. The van der Waals surface area contributed by atoms with E-state index in [-0.39, 0.29) is 0 Å². The summed E-state index contributed by atoms with van der Waals surface area (Å²) in [5.41, 5.74) is 0. The monoisotopic (exact) mass is 212 g/mol. The Morgan fingerprint density at radius 1 is 1.36 bits per heavy atom. The molecule has 2 nitrogen and oxygen atoms in total. The molecule has 3 aliphatic rings. The van der Waals surface area contributed by atoms with E-state index in [0.717, 1.165) is 12.0 Å². The van der Waals surface area contributed by atoms with Crippen molar-refractivity contribution in [1.29, 1.82) is 0 Å². The average Bonchev–Trinajstić information content (AvgIpc) is 2.58. The second kappa shape index (κ2) is 3.39. The standard InChI is InChI=1S/C11H20N2S/c1-9-3-7-14-11(12-9)4-6-13-5-2-10(11)8-13/h9-10,12H,2-8H2,1H3. The Morgan fingerprint density at radius 3 is 3.14 bits per heavy atom. The summed E-state index contributed by atoms with van der Waals surface area (Å²) in [4.78, 5) is 3.10. The van der Waals surface area contributed by atoms with Gasteiger partial charge in [-0.05, 0) is 38.5 Å². The second-order valence-corrected chi connectivity index (χ2v) is 6.53. The van der Waals surface area contributed by atoms with Crippen molar-refractivity contribution in [2.45, 2.75) is 37.1 Å². The molecule has 0 aromatic heterocycles. The molecule has 3 saturated heterocycles. The van der Waals surface area contributed by atoms with Gasteiger partial charge >= 0.3 is 0 Å². The van der Waals surface area contributed by atoms with E-state index in [9.17, 15) is 0 Å². The van der Waals surface area contributed by atoms with Gasteiger partial charge in [0.15, 0.2) is 0 Å². The van der Waals surface area contributed by atoms with E-state index >= 15 is 0 Å². The van der Waals surface area contributed by atoms with Gasteiger partial charge in [0.2, 0.25) is 0 Å². The van der Waals surface area contributed by atoms with Crippen molar-refractivity contribution < 1.29 is 0 Å². The Kier molecular flexibility index (Phi) is 2.30. The molecular formula is C11H20N2S. The van der Waals surface area contributed by atoms with Crippen molar-refractivity contribution in [3.8, 4) is 0 Å². The molecule has 3 heterocycles. The molecule has 0 aromatic carbocycles. The van der Waals surface area contributed by atoms with Crippen molar-refractivity contribution in [1.82, 2.24) is 10.2 Å². The molecule has 3 aliphatic heterocycles. The molecule has 3 rings (SSSR count). The number of thioether (sulfide) groups is 1. The molecule has 14 heavy (non-hydrogen) atoms. The molecule has 2 bridgehead atoms. The summed E-state index contributed by atoms with van der Waals surface area (Å²) in [7, 11) is 0. The van der Waals surface area contributed by atoms with Gasteiger partial charge in [-0.2, -0.15) is 0 Å². The summed E-state index contributed by atoms with van der Waals surface area (Å²) in [6.45, 7) is 6.38. The fraction of sp³-hybridized carbons (Fsp3) is 1.00. The lowest BCUT2D eigenvalue weighted by molar-refractivity contribution is 0.184. The Morgan fingerprint density at radius 2 is 2.29 bits per heavy atom. The van der Waals surface area contributed by atoms with Gasteiger partial charge in [0, 0.05) is 25.0 Å². The molecule has 80 valence electrons. The summed E-state index contributed by atoms with van der Waals surface area (Å²) in [6.07, 6.45) is 4.14. The summed E-state index contributed by atoms with van der Waals surface area (Å²) in [6, 6.07) is 0.739. The molecule has 1 spiro atoms. The quantitative estimate of drug-likeness (QED) is 0.655. The highest BCUT2D eigenvalue weighted by molar-refractivity contribution is 8.00. The third-order valence-corrected chi connectivity index (χ3v) is 5.74. The van der Waals surface area contributed by atoms with Crippen molar-refractivity contribution in [3.63, 3.8) is 0 Å². The minimum absolute atomic E-state index is 0.463. The van der Waals surface area contributed by atoms with Gasteiger partial charge in [-0.25, -0.2) is 0 Å². The van der Waals surface area contributed by atoms with Crippen molar-refractivity contribution in [2.24, 2.45) is 5.92 Å². The van der Waals surface area contributed by atoms with Crippen LogP contribution in [0, 0.1) is 5.92 Å². The van der Waals surface area contributed by atoms with Crippen molar-refractivity contribution in [2.75, 3.05) is 25.4 Å². The largest absolute Gasteiger partial charge is 0.303 e. The third-order valence-electron chi connectivity index (χ3n) is 4.13. The van der Waals surface area contributed by atoms with Gasteiger partial charge in [-0.15, -0.1) is 11.8 Å². The number of rotatable bonds is 0. The number of fused-ring (bicyclic) bond motifs is 3. The minimum Gasteiger partial charge on any atom is -0.303 e. The number of nitrogens with one attached hydrogen (secondary N) is 1. The van der Waals surface area contributed by atoms with Gasteiger partial charge in [-0.3, -0.25) is 5.32 Å². The number of piperidine rings is 1. The molecular weight excluding hydrogens is 192 g/mol. The first-order chi connectivity index (χ1) is 6.78. The highest BCUT2D eigenvalue weighted by Crippen LogP contribution is 2.45. The molecule has 3 heteroatoms. The lowest BCUT2D eigenvalue weighted by atomic mass is 9.92. The molecule has 1 N–H and O–H groups in total. The molecule has 4 atom stereocenters. The van der Waals surface area contributed by atoms with Crippen LogP contribution in [-0.2, 0) is 0 Å². The van der Waals surface area contributed by atoms with Crippen molar-refractivity contribution in [3.05, 3.63) is 0 Å². The Labute approximate surface area is 90.8 Å². The zero-order chi connectivity index (χ0) is 9.60. The van der Waals surface area contributed by atoms with Gasteiger partial charge < -0.3 is 4.90 Å². The molecule has 0 aromatic rings. The zero-order valence-electron chi connectivity index (χ0n) is 8.96. The minimum atomic E-state index is 0.463. The SMILES string of the molecule is CC1CCSC2(CCN3CCC2C3)N1. The average molecular weight is 212 g/mol. The van der Waals surface area contributed by atoms with Gasteiger partial charge in [-0.1, -0.05) is 0 Å². The van der Waals surface area contributed by atoms with Gasteiger partial charge in [0.25, 0.3) is 0 Å². The maximum atomic E-state index is 3.90. The number of hydrogen-bond donors (Lipinski definition) is 1. The van der Waals surface area contributed by atoms with E-state index in [4.69, 9.17) is 0 Å². The van der Waals surface area contributed by atoms with Crippen LogP contribution in [0.3, 0.4) is 0 Å². The first-order valence-corrected chi connectivity index (χ1v) is 6.91. The van der Waals surface area contributed by atoms with Crippen LogP contribution in [0.1, 0.15) is 26.2 Å². The lowest BCUT2D eigenvalue weighted by Crippen LogP contribution is -2.58. The first kappa shape index (κ1) is 9.49. The van der Waals surface area contributed by atoms with Crippen LogP contribution in [-0.4, -0.2) is 41.2 Å².